The average Bonchev–Trinajstić information content (AvgIpc) is 2.03. The minimum atomic E-state index is -0.187. The van der Waals surface area contributed by atoms with Gasteiger partial charge in [0.05, 0.1) is 13.0 Å². The Morgan fingerprint density at radius 1 is 1.46 bits per heavy atom. The predicted molar refractivity (Wildman–Crippen MR) is 54.3 cm³/mol. The molecule has 0 fully saturated rings. The van der Waals surface area contributed by atoms with Gasteiger partial charge in [-0.15, -0.1) is 0 Å². The normalized spacial score (nSPS) is 13.3. The molecule has 0 heterocycles. The number of methoxy groups -OCH3 is 1. The molecule has 0 aliphatic rings. The van der Waals surface area contributed by atoms with Crippen LogP contribution in [0.2, 0.25) is 0 Å². The van der Waals surface area contributed by atoms with Crippen molar-refractivity contribution in [1.29, 1.82) is 0 Å². The molecule has 13 heavy (non-hydrogen) atoms. The summed E-state index contributed by atoms with van der Waals surface area (Å²) in [5, 5.41) is 0. The van der Waals surface area contributed by atoms with E-state index < -0.39 is 0 Å². The summed E-state index contributed by atoms with van der Waals surface area (Å²) in [6.45, 7) is 9.61. The Kier molecular flexibility index (Phi) is 5.12. The summed E-state index contributed by atoms with van der Waals surface area (Å²) in [6.07, 6.45) is 3.69. The van der Waals surface area contributed by atoms with Crippen molar-refractivity contribution >= 4 is 5.97 Å². The van der Waals surface area contributed by atoms with E-state index in [4.69, 9.17) is 0 Å². The van der Waals surface area contributed by atoms with E-state index in [9.17, 15) is 4.79 Å². The van der Waals surface area contributed by atoms with Crippen LogP contribution in [-0.4, -0.2) is 13.1 Å². The fourth-order valence-corrected chi connectivity index (χ4v) is 0.977. The summed E-state index contributed by atoms with van der Waals surface area (Å²) in [5.74, 6) is -0.0998. The summed E-state index contributed by atoms with van der Waals surface area (Å²) in [6, 6.07) is 0. The van der Waals surface area contributed by atoms with Crippen LogP contribution < -0.4 is 0 Å². The largest absolute Gasteiger partial charge is 0.469 e. The van der Waals surface area contributed by atoms with Crippen LogP contribution in [0.1, 0.15) is 20.8 Å². The van der Waals surface area contributed by atoms with Gasteiger partial charge in [0.2, 0.25) is 0 Å². The molecule has 1 unspecified atom stereocenters. The van der Waals surface area contributed by atoms with Crippen LogP contribution in [0, 0.1) is 11.8 Å². The van der Waals surface area contributed by atoms with Crippen molar-refractivity contribution in [2.24, 2.45) is 11.8 Å². The quantitative estimate of drug-likeness (QED) is 0.493. The number of rotatable bonds is 4. The maximum absolute atomic E-state index is 11.3. The van der Waals surface area contributed by atoms with E-state index in [1.807, 2.05) is 32.9 Å². The van der Waals surface area contributed by atoms with Crippen LogP contribution in [0.15, 0.2) is 24.3 Å². The molecule has 1 atom stereocenters. The Morgan fingerprint density at radius 3 is 2.31 bits per heavy atom. The first-order valence-corrected chi connectivity index (χ1v) is 4.40. The molecule has 0 saturated heterocycles. The Bertz CT molecular complexity index is 214. The van der Waals surface area contributed by atoms with Gasteiger partial charge < -0.3 is 4.74 Å². The molecule has 0 radical (unpaired) electrons. The maximum atomic E-state index is 11.3. The average molecular weight is 182 g/mol. The van der Waals surface area contributed by atoms with E-state index in [-0.39, 0.29) is 17.8 Å². The van der Waals surface area contributed by atoms with Gasteiger partial charge in [-0.1, -0.05) is 38.2 Å². The number of allylic oxidation sites excluding steroid dienone is 2. The minimum Gasteiger partial charge on any atom is -0.469 e. The van der Waals surface area contributed by atoms with Gasteiger partial charge in [0, 0.05) is 0 Å². The topological polar surface area (TPSA) is 26.3 Å². The van der Waals surface area contributed by atoms with Crippen molar-refractivity contribution < 1.29 is 9.53 Å². The molecule has 74 valence electrons. The molecular formula is C11H18O2. The van der Waals surface area contributed by atoms with Crippen molar-refractivity contribution in [1.82, 2.24) is 0 Å². The van der Waals surface area contributed by atoms with Crippen molar-refractivity contribution in [3.8, 4) is 0 Å². The zero-order chi connectivity index (χ0) is 10.4. The summed E-state index contributed by atoms with van der Waals surface area (Å²) in [5.41, 5.74) is 0.939. The van der Waals surface area contributed by atoms with Crippen molar-refractivity contribution in [3.05, 3.63) is 24.3 Å². The molecule has 0 aliphatic heterocycles. The molecule has 0 spiro atoms. The number of hydrogen-bond acceptors (Lipinski definition) is 2. The lowest BCUT2D eigenvalue weighted by molar-refractivity contribution is -0.145. The van der Waals surface area contributed by atoms with Gasteiger partial charge in [0.25, 0.3) is 0 Å². The molecule has 0 aromatic rings. The van der Waals surface area contributed by atoms with E-state index >= 15 is 0 Å². The minimum absolute atomic E-state index is 0.165. The SMILES string of the molecule is C=C(C)/C=C\C(C(=O)OC)C(C)C. The van der Waals surface area contributed by atoms with Gasteiger partial charge in [-0.3, -0.25) is 4.79 Å². The molecule has 2 heteroatoms. The zero-order valence-corrected chi connectivity index (χ0v) is 8.83. The lowest BCUT2D eigenvalue weighted by Crippen LogP contribution is -2.19. The van der Waals surface area contributed by atoms with Crippen LogP contribution in [0.25, 0.3) is 0 Å². The molecule has 0 N–H and O–H groups in total. The number of carbonyl (C=O) groups is 1. The molecule has 0 bridgehead atoms. The van der Waals surface area contributed by atoms with Gasteiger partial charge in [0.15, 0.2) is 0 Å². The molecular weight excluding hydrogens is 164 g/mol. The van der Waals surface area contributed by atoms with Gasteiger partial charge in [-0.25, -0.2) is 0 Å². The Labute approximate surface area is 80.3 Å². The first kappa shape index (κ1) is 11.9. The van der Waals surface area contributed by atoms with Gasteiger partial charge in [0.1, 0.15) is 0 Å². The first-order chi connectivity index (χ1) is 5.99. The first-order valence-electron chi connectivity index (χ1n) is 4.40. The fourth-order valence-electron chi connectivity index (χ4n) is 0.977. The second kappa shape index (κ2) is 5.57. The smallest absolute Gasteiger partial charge is 0.312 e. The zero-order valence-electron chi connectivity index (χ0n) is 8.83. The van der Waals surface area contributed by atoms with E-state index in [1.165, 1.54) is 7.11 Å². The molecule has 0 aliphatic carbocycles. The van der Waals surface area contributed by atoms with Gasteiger partial charge >= 0.3 is 5.97 Å². The highest BCUT2D eigenvalue weighted by atomic mass is 16.5. The number of esters is 1. The van der Waals surface area contributed by atoms with Gasteiger partial charge in [-0.2, -0.15) is 0 Å². The Hall–Kier alpha value is -1.05. The van der Waals surface area contributed by atoms with Crippen LogP contribution in [0.3, 0.4) is 0 Å². The van der Waals surface area contributed by atoms with E-state index in [0.717, 1.165) is 5.57 Å². The molecule has 0 saturated carbocycles. The van der Waals surface area contributed by atoms with Crippen LogP contribution in [-0.2, 0) is 9.53 Å². The van der Waals surface area contributed by atoms with E-state index in [2.05, 4.69) is 11.3 Å². The summed E-state index contributed by atoms with van der Waals surface area (Å²) in [7, 11) is 1.41. The Morgan fingerprint density at radius 2 is 2.00 bits per heavy atom. The standard InChI is InChI=1S/C11H18O2/c1-8(2)6-7-10(9(3)4)11(12)13-5/h6-7,9-10H,1H2,2-5H3/b7-6-. The third-order valence-corrected chi connectivity index (χ3v) is 1.78. The molecule has 2 nitrogen and oxygen atoms in total. The van der Waals surface area contributed by atoms with Crippen molar-refractivity contribution in [2.45, 2.75) is 20.8 Å². The Balaban J connectivity index is 4.44. The second-order valence-corrected chi connectivity index (χ2v) is 3.50. The molecule has 0 amide bonds. The molecule has 0 aromatic heterocycles. The summed E-state index contributed by atoms with van der Waals surface area (Å²) in [4.78, 5) is 11.3. The lowest BCUT2D eigenvalue weighted by Gasteiger charge is -2.13. The summed E-state index contributed by atoms with van der Waals surface area (Å²) < 4.78 is 4.69. The highest BCUT2D eigenvalue weighted by Crippen LogP contribution is 2.14. The monoisotopic (exact) mass is 182 g/mol. The molecule has 0 rings (SSSR count). The van der Waals surface area contributed by atoms with Crippen LogP contribution in [0.4, 0.5) is 0 Å². The van der Waals surface area contributed by atoms with E-state index in [0.29, 0.717) is 0 Å². The van der Waals surface area contributed by atoms with E-state index in [1.54, 1.807) is 0 Å². The van der Waals surface area contributed by atoms with Crippen molar-refractivity contribution in [3.63, 3.8) is 0 Å². The fraction of sp³-hybridized carbons (Fsp3) is 0.545. The highest BCUT2D eigenvalue weighted by molar-refractivity contribution is 5.74. The third kappa shape index (κ3) is 4.51. The second-order valence-electron chi connectivity index (χ2n) is 3.50. The van der Waals surface area contributed by atoms with Gasteiger partial charge in [-0.05, 0) is 12.8 Å². The number of ether oxygens (including phenoxy) is 1. The lowest BCUT2D eigenvalue weighted by atomic mass is 9.95. The van der Waals surface area contributed by atoms with Crippen LogP contribution >= 0.6 is 0 Å². The van der Waals surface area contributed by atoms with Crippen LogP contribution in [0.5, 0.6) is 0 Å². The number of carbonyl (C=O) groups excluding carboxylic acids is 1. The maximum Gasteiger partial charge on any atom is 0.312 e. The number of hydrogen-bond donors (Lipinski definition) is 0. The third-order valence-electron chi connectivity index (χ3n) is 1.78. The summed E-state index contributed by atoms with van der Waals surface area (Å²) >= 11 is 0. The molecule has 0 aromatic carbocycles. The van der Waals surface area contributed by atoms with Crippen molar-refractivity contribution in [2.75, 3.05) is 7.11 Å². The predicted octanol–water partition coefficient (Wildman–Crippen LogP) is 2.56. The highest BCUT2D eigenvalue weighted by Gasteiger charge is 2.19.